The van der Waals surface area contributed by atoms with E-state index in [9.17, 15) is 8.78 Å². The Kier molecular flexibility index (Phi) is 3.20. The Morgan fingerprint density at radius 3 is 1.88 bits per heavy atom. The lowest BCUT2D eigenvalue weighted by atomic mass is 10.0. The maximum atomic E-state index is 13.2. The highest BCUT2D eigenvalue weighted by Gasteiger charge is 2.29. The van der Waals surface area contributed by atoms with Gasteiger partial charge in [-0.2, -0.15) is 8.78 Å². The normalized spacial score (nSPS) is 11.5. The zero-order valence-corrected chi connectivity index (χ0v) is 9.11. The second-order valence-corrected chi connectivity index (χ2v) is 3.81. The molecule has 2 aromatic carbocycles. The second kappa shape index (κ2) is 4.63. The molecule has 0 radical (unpaired) electrons. The molecule has 1 N–H and O–H groups in total. The largest absolute Gasteiger partial charge is 0.390 e. The Balaban J connectivity index is 2.31. The van der Waals surface area contributed by atoms with Crippen LogP contribution in [0.25, 0.3) is 11.1 Å². The van der Waals surface area contributed by atoms with Crippen molar-refractivity contribution in [1.29, 1.82) is 0 Å². The van der Waals surface area contributed by atoms with E-state index in [0.717, 1.165) is 11.1 Å². The fourth-order valence-corrected chi connectivity index (χ4v) is 1.63. The van der Waals surface area contributed by atoms with Crippen LogP contribution in [0.5, 0.6) is 0 Å². The molecule has 0 bridgehead atoms. The van der Waals surface area contributed by atoms with E-state index in [-0.39, 0.29) is 5.56 Å². The van der Waals surface area contributed by atoms with Crippen molar-refractivity contribution in [1.82, 2.24) is 0 Å². The lowest BCUT2D eigenvalue weighted by molar-refractivity contribution is -0.0556. The van der Waals surface area contributed by atoms with Crippen molar-refractivity contribution >= 4 is 0 Å². The molecule has 0 heterocycles. The van der Waals surface area contributed by atoms with Gasteiger partial charge in [0.05, 0.1) is 0 Å². The third kappa shape index (κ3) is 2.50. The van der Waals surface area contributed by atoms with Crippen molar-refractivity contribution in [2.75, 3.05) is 6.61 Å². The molecule has 88 valence electrons. The highest BCUT2D eigenvalue weighted by molar-refractivity contribution is 5.63. The smallest absolute Gasteiger partial charge is 0.295 e. The highest BCUT2D eigenvalue weighted by Crippen LogP contribution is 2.29. The molecule has 0 fully saturated rings. The predicted octanol–water partition coefficient (Wildman–Crippen LogP) is 3.44. The van der Waals surface area contributed by atoms with Crippen molar-refractivity contribution in [3.8, 4) is 11.1 Å². The van der Waals surface area contributed by atoms with Gasteiger partial charge >= 0.3 is 0 Å². The first-order valence-electron chi connectivity index (χ1n) is 5.28. The van der Waals surface area contributed by atoms with Gasteiger partial charge in [-0.25, -0.2) is 0 Å². The standard InChI is InChI=1S/C14H12F2O/c15-14(16,10-17)13-8-6-12(7-9-13)11-4-2-1-3-5-11/h1-9,17H,10H2. The number of rotatable bonds is 3. The summed E-state index contributed by atoms with van der Waals surface area (Å²) in [6.45, 7) is -1.17. The van der Waals surface area contributed by atoms with Crippen LogP contribution in [0, 0.1) is 0 Å². The maximum Gasteiger partial charge on any atom is 0.295 e. The van der Waals surface area contributed by atoms with Crippen LogP contribution in [0.15, 0.2) is 54.6 Å². The van der Waals surface area contributed by atoms with E-state index < -0.39 is 12.5 Å². The van der Waals surface area contributed by atoms with Crippen LogP contribution in [-0.2, 0) is 5.92 Å². The van der Waals surface area contributed by atoms with Crippen molar-refractivity contribution in [2.24, 2.45) is 0 Å². The van der Waals surface area contributed by atoms with E-state index in [1.165, 1.54) is 12.1 Å². The molecule has 0 saturated carbocycles. The average Bonchev–Trinajstić information content (AvgIpc) is 2.40. The van der Waals surface area contributed by atoms with Gasteiger partial charge in [-0.05, 0) is 11.1 Å². The highest BCUT2D eigenvalue weighted by atomic mass is 19.3. The Morgan fingerprint density at radius 1 is 0.824 bits per heavy atom. The zero-order valence-electron chi connectivity index (χ0n) is 9.11. The summed E-state index contributed by atoms with van der Waals surface area (Å²) in [5, 5.41) is 8.58. The minimum atomic E-state index is -3.17. The molecule has 0 spiro atoms. The zero-order chi connectivity index (χ0) is 12.3. The summed E-state index contributed by atoms with van der Waals surface area (Å²) in [5.74, 6) is -3.17. The summed E-state index contributed by atoms with van der Waals surface area (Å²) in [6.07, 6.45) is 0. The number of benzene rings is 2. The summed E-state index contributed by atoms with van der Waals surface area (Å²) in [6, 6.07) is 15.5. The van der Waals surface area contributed by atoms with E-state index >= 15 is 0 Å². The lowest BCUT2D eigenvalue weighted by Crippen LogP contribution is -2.18. The van der Waals surface area contributed by atoms with Crippen LogP contribution < -0.4 is 0 Å². The minimum absolute atomic E-state index is 0.167. The van der Waals surface area contributed by atoms with Gasteiger partial charge in [-0.3, -0.25) is 0 Å². The van der Waals surface area contributed by atoms with Gasteiger partial charge < -0.3 is 5.11 Å². The van der Waals surface area contributed by atoms with Crippen molar-refractivity contribution in [3.63, 3.8) is 0 Å². The Labute approximate surface area is 98.3 Å². The molecule has 0 aliphatic heterocycles. The number of alkyl halides is 2. The molecule has 0 aromatic heterocycles. The van der Waals surface area contributed by atoms with Crippen LogP contribution in [0.4, 0.5) is 8.78 Å². The number of hydrogen-bond acceptors (Lipinski definition) is 1. The van der Waals surface area contributed by atoms with Crippen LogP contribution >= 0.6 is 0 Å². The van der Waals surface area contributed by atoms with Crippen molar-refractivity contribution in [3.05, 3.63) is 60.2 Å². The van der Waals surface area contributed by atoms with E-state index in [1.54, 1.807) is 12.1 Å². The summed E-state index contributed by atoms with van der Waals surface area (Å²) in [7, 11) is 0. The third-order valence-electron chi connectivity index (χ3n) is 2.61. The molecule has 3 heteroatoms. The Hall–Kier alpha value is -1.74. The van der Waals surface area contributed by atoms with E-state index in [0.29, 0.717) is 0 Å². The average molecular weight is 234 g/mol. The molecule has 17 heavy (non-hydrogen) atoms. The van der Waals surface area contributed by atoms with Crippen LogP contribution in [0.1, 0.15) is 5.56 Å². The molecule has 0 aliphatic carbocycles. The number of aliphatic hydroxyl groups is 1. The molecule has 0 aliphatic rings. The molecule has 0 amide bonds. The van der Waals surface area contributed by atoms with Crippen LogP contribution in [-0.4, -0.2) is 11.7 Å². The molecule has 2 rings (SSSR count). The summed E-state index contributed by atoms with van der Waals surface area (Å²) < 4.78 is 26.3. The van der Waals surface area contributed by atoms with E-state index in [1.807, 2.05) is 30.3 Å². The number of halogens is 2. The van der Waals surface area contributed by atoms with Gasteiger partial charge in [0.25, 0.3) is 5.92 Å². The molecule has 0 atom stereocenters. The SMILES string of the molecule is OCC(F)(F)c1ccc(-c2ccccc2)cc1. The van der Waals surface area contributed by atoms with Gasteiger partial charge in [-0.1, -0.05) is 54.6 Å². The fourth-order valence-electron chi connectivity index (χ4n) is 1.63. The molecule has 0 saturated heterocycles. The minimum Gasteiger partial charge on any atom is -0.390 e. The van der Waals surface area contributed by atoms with Gasteiger partial charge in [0.2, 0.25) is 0 Å². The monoisotopic (exact) mass is 234 g/mol. The number of aliphatic hydroxyl groups excluding tert-OH is 1. The first kappa shape index (κ1) is 11.7. The first-order chi connectivity index (χ1) is 8.13. The summed E-state index contributed by atoms with van der Waals surface area (Å²) in [4.78, 5) is 0. The molecular formula is C14H12F2O. The van der Waals surface area contributed by atoms with Gasteiger partial charge in [0.15, 0.2) is 0 Å². The summed E-state index contributed by atoms with van der Waals surface area (Å²) in [5.41, 5.74) is 1.69. The lowest BCUT2D eigenvalue weighted by Gasteiger charge is -2.13. The molecule has 0 unspecified atom stereocenters. The Morgan fingerprint density at radius 2 is 1.35 bits per heavy atom. The molecule has 2 aromatic rings. The second-order valence-electron chi connectivity index (χ2n) is 3.81. The van der Waals surface area contributed by atoms with Gasteiger partial charge in [0, 0.05) is 5.56 Å². The quantitative estimate of drug-likeness (QED) is 0.862. The first-order valence-corrected chi connectivity index (χ1v) is 5.28. The van der Waals surface area contributed by atoms with Crippen LogP contribution in [0.2, 0.25) is 0 Å². The van der Waals surface area contributed by atoms with E-state index in [4.69, 9.17) is 5.11 Å². The number of hydrogen-bond donors (Lipinski definition) is 1. The van der Waals surface area contributed by atoms with Crippen molar-refractivity contribution < 1.29 is 13.9 Å². The topological polar surface area (TPSA) is 20.2 Å². The van der Waals surface area contributed by atoms with E-state index in [2.05, 4.69) is 0 Å². The fraction of sp³-hybridized carbons (Fsp3) is 0.143. The van der Waals surface area contributed by atoms with Gasteiger partial charge in [-0.15, -0.1) is 0 Å². The molecular weight excluding hydrogens is 222 g/mol. The third-order valence-corrected chi connectivity index (χ3v) is 2.61. The predicted molar refractivity (Wildman–Crippen MR) is 62.9 cm³/mol. The summed E-state index contributed by atoms with van der Waals surface area (Å²) >= 11 is 0. The van der Waals surface area contributed by atoms with Crippen molar-refractivity contribution in [2.45, 2.75) is 5.92 Å². The van der Waals surface area contributed by atoms with Gasteiger partial charge in [0.1, 0.15) is 6.61 Å². The molecule has 1 nitrogen and oxygen atoms in total. The van der Waals surface area contributed by atoms with Crippen LogP contribution in [0.3, 0.4) is 0 Å². The maximum absolute atomic E-state index is 13.2. The Bertz CT molecular complexity index is 477.